The summed E-state index contributed by atoms with van der Waals surface area (Å²) in [5, 5.41) is 9.20. The van der Waals surface area contributed by atoms with Crippen molar-refractivity contribution < 1.29 is 5.11 Å². The first-order chi connectivity index (χ1) is 6.68. The number of aliphatic hydroxyl groups is 1. The maximum absolute atomic E-state index is 9.20. The lowest BCUT2D eigenvalue weighted by molar-refractivity contribution is 0.243. The van der Waals surface area contributed by atoms with Crippen LogP contribution in [0.1, 0.15) is 52.4 Å². The Bertz CT molecular complexity index is 213. The standard InChI is InChI=1S/C13H22O/c1-11(9-12(2)14)10-13-7-5-3-4-6-8-13/h9-10,12,14H,3-8H2,1-2H3/b11-9-. The third-order valence-electron chi connectivity index (χ3n) is 2.68. The Morgan fingerprint density at radius 1 is 1.21 bits per heavy atom. The van der Waals surface area contributed by atoms with Crippen LogP contribution in [0.4, 0.5) is 0 Å². The zero-order valence-electron chi connectivity index (χ0n) is 9.42. The Morgan fingerprint density at radius 3 is 2.29 bits per heavy atom. The second-order valence-electron chi connectivity index (χ2n) is 4.37. The molecule has 0 amide bonds. The Morgan fingerprint density at radius 2 is 1.79 bits per heavy atom. The van der Waals surface area contributed by atoms with Crippen molar-refractivity contribution in [2.45, 2.75) is 58.5 Å². The molecule has 0 heterocycles. The van der Waals surface area contributed by atoms with Crippen molar-refractivity contribution in [1.82, 2.24) is 0 Å². The van der Waals surface area contributed by atoms with Crippen molar-refractivity contribution in [3.63, 3.8) is 0 Å². The highest BCUT2D eigenvalue weighted by Gasteiger charge is 2.03. The Balaban J connectivity index is 2.56. The quantitative estimate of drug-likeness (QED) is 0.666. The zero-order valence-corrected chi connectivity index (χ0v) is 9.42. The monoisotopic (exact) mass is 194 g/mol. The summed E-state index contributed by atoms with van der Waals surface area (Å²) >= 11 is 0. The Hall–Kier alpha value is -0.560. The average molecular weight is 194 g/mol. The first-order valence-corrected chi connectivity index (χ1v) is 5.74. The van der Waals surface area contributed by atoms with Crippen LogP contribution in [0.2, 0.25) is 0 Å². The van der Waals surface area contributed by atoms with Crippen LogP contribution in [0.3, 0.4) is 0 Å². The fourth-order valence-corrected chi connectivity index (χ4v) is 2.08. The second-order valence-corrected chi connectivity index (χ2v) is 4.37. The number of allylic oxidation sites excluding steroid dienone is 3. The summed E-state index contributed by atoms with van der Waals surface area (Å²) < 4.78 is 0. The van der Waals surface area contributed by atoms with Crippen LogP contribution in [0.15, 0.2) is 23.3 Å². The summed E-state index contributed by atoms with van der Waals surface area (Å²) in [4.78, 5) is 0. The van der Waals surface area contributed by atoms with Gasteiger partial charge in [-0.15, -0.1) is 0 Å². The molecule has 1 atom stereocenters. The van der Waals surface area contributed by atoms with Crippen LogP contribution >= 0.6 is 0 Å². The van der Waals surface area contributed by atoms with E-state index in [1.807, 2.05) is 6.08 Å². The van der Waals surface area contributed by atoms with Crippen LogP contribution in [0, 0.1) is 0 Å². The summed E-state index contributed by atoms with van der Waals surface area (Å²) in [5.41, 5.74) is 2.77. The summed E-state index contributed by atoms with van der Waals surface area (Å²) in [6.45, 7) is 3.87. The summed E-state index contributed by atoms with van der Waals surface area (Å²) in [6, 6.07) is 0. The van der Waals surface area contributed by atoms with Gasteiger partial charge >= 0.3 is 0 Å². The van der Waals surface area contributed by atoms with Gasteiger partial charge in [-0.1, -0.05) is 36.1 Å². The van der Waals surface area contributed by atoms with Crippen LogP contribution in [-0.2, 0) is 0 Å². The molecule has 80 valence electrons. The second kappa shape index (κ2) is 6.02. The molecule has 0 aromatic carbocycles. The molecule has 1 nitrogen and oxygen atoms in total. The van der Waals surface area contributed by atoms with Crippen LogP contribution in [0.5, 0.6) is 0 Å². The molecule has 1 aliphatic rings. The predicted octanol–water partition coefficient (Wildman–Crippen LogP) is 3.59. The van der Waals surface area contributed by atoms with Crippen LogP contribution in [-0.4, -0.2) is 11.2 Å². The molecule has 1 aliphatic carbocycles. The third-order valence-corrected chi connectivity index (χ3v) is 2.68. The molecule has 0 aliphatic heterocycles. The Labute approximate surface area is 87.5 Å². The number of hydrogen-bond acceptors (Lipinski definition) is 1. The topological polar surface area (TPSA) is 20.2 Å². The van der Waals surface area contributed by atoms with E-state index in [1.165, 1.54) is 44.1 Å². The van der Waals surface area contributed by atoms with Crippen LogP contribution < -0.4 is 0 Å². The van der Waals surface area contributed by atoms with Gasteiger partial charge in [0.1, 0.15) is 0 Å². The van der Waals surface area contributed by atoms with Crippen molar-refractivity contribution in [2.24, 2.45) is 0 Å². The molecule has 1 saturated carbocycles. The molecule has 0 aromatic rings. The van der Waals surface area contributed by atoms with Gasteiger partial charge in [-0.3, -0.25) is 0 Å². The van der Waals surface area contributed by atoms with E-state index in [9.17, 15) is 5.11 Å². The minimum atomic E-state index is -0.322. The fraction of sp³-hybridized carbons (Fsp3) is 0.692. The molecular weight excluding hydrogens is 172 g/mol. The molecule has 0 bridgehead atoms. The van der Waals surface area contributed by atoms with Gasteiger partial charge in [-0.25, -0.2) is 0 Å². The lowest BCUT2D eigenvalue weighted by Crippen LogP contribution is -1.94. The minimum absolute atomic E-state index is 0.322. The van der Waals surface area contributed by atoms with E-state index >= 15 is 0 Å². The van der Waals surface area contributed by atoms with Gasteiger partial charge in [0.15, 0.2) is 0 Å². The number of aliphatic hydroxyl groups excluding tert-OH is 1. The smallest absolute Gasteiger partial charge is 0.0698 e. The van der Waals surface area contributed by atoms with E-state index in [2.05, 4.69) is 13.0 Å². The number of rotatable bonds is 2. The van der Waals surface area contributed by atoms with Crippen molar-refractivity contribution in [1.29, 1.82) is 0 Å². The highest BCUT2D eigenvalue weighted by atomic mass is 16.3. The van der Waals surface area contributed by atoms with E-state index in [0.717, 1.165) is 0 Å². The maximum Gasteiger partial charge on any atom is 0.0698 e. The molecule has 1 unspecified atom stereocenters. The van der Waals surface area contributed by atoms with Gasteiger partial charge in [-0.2, -0.15) is 0 Å². The van der Waals surface area contributed by atoms with Gasteiger partial charge in [0.2, 0.25) is 0 Å². The largest absolute Gasteiger partial charge is 0.389 e. The molecule has 1 N–H and O–H groups in total. The van der Waals surface area contributed by atoms with Crippen molar-refractivity contribution in [2.75, 3.05) is 0 Å². The SMILES string of the molecule is C/C(C=C1CCCCCC1)=C/C(C)O. The normalized spacial score (nSPS) is 21.6. The molecule has 1 heteroatoms. The molecule has 0 spiro atoms. The van der Waals surface area contributed by atoms with E-state index in [0.29, 0.717) is 0 Å². The van der Waals surface area contributed by atoms with E-state index < -0.39 is 0 Å². The summed E-state index contributed by atoms with van der Waals surface area (Å²) in [6.07, 6.45) is 11.8. The predicted molar refractivity (Wildman–Crippen MR) is 61.2 cm³/mol. The average Bonchev–Trinajstić information content (AvgIpc) is 2.31. The highest BCUT2D eigenvalue weighted by molar-refractivity contribution is 5.22. The Kier molecular flexibility index (Phi) is 4.95. The van der Waals surface area contributed by atoms with Gasteiger partial charge < -0.3 is 5.11 Å². The highest BCUT2D eigenvalue weighted by Crippen LogP contribution is 2.23. The third kappa shape index (κ3) is 4.61. The molecule has 1 rings (SSSR count). The van der Waals surface area contributed by atoms with Crippen LogP contribution in [0.25, 0.3) is 0 Å². The minimum Gasteiger partial charge on any atom is -0.389 e. The molecule has 0 saturated heterocycles. The fourth-order valence-electron chi connectivity index (χ4n) is 2.08. The molecule has 0 radical (unpaired) electrons. The summed E-state index contributed by atoms with van der Waals surface area (Å²) in [5.74, 6) is 0. The molecule has 14 heavy (non-hydrogen) atoms. The molecule has 1 fully saturated rings. The maximum atomic E-state index is 9.20. The lowest BCUT2D eigenvalue weighted by atomic mass is 10.0. The van der Waals surface area contributed by atoms with Gasteiger partial charge in [0.05, 0.1) is 6.10 Å². The van der Waals surface area contributed by atoms with Gasteiger partial charge in [-0.05, 0) is 39.5 Å². The zero-order chi connectivity index (χ0) is 10.4. The van der Waals surface area contributed by atoms with Crippen molar-refractivity contribution in [3.05, 3.63) is 23.3 Å². The van der Waals surface area contributed by atoms with E-state index in [-0.39, 0.29) is 6.10 Å². The van der Waals surface area contributed by atoms with Gasteiger partial charge in [0, 0.05) is 0 Å². The van der Waals surface area contributed by atoms with Gasteiger partial charge in [0.25, 0.3) is 0 Å². The number of hydrogen-bond donors (Lipinski definition) is 1. The summed E-state index contributed by atoms with van der Waals surface area (Å²) in [7, 11) is 0. The molecular formula is C13H22O. The first-order valence-electron chi connectivity index (χ1n) is 5.74. The van der Waals surface area contributed by atoms with E-state index in [4.69, 9.17) is 0 Å². The molecule has 0 aromatic heterocycles. The lowest BCUT2D eigenvalue weighted by Gasteiger charge is -2.03. The van der Waals surface area contributed by atoms with Crippen molar-refractivity contribution in [3.8, 4) is 0 Å². The first kappa shape index (κ1) is 11.5. The van der Waals surface area contributed by atoms with Crippen molar-refractivity contribution >= 4 is 0 Å². The van der Waals surface area contributed by atoms with E-state index in [1.54, 1.807) is 12.5 Å².